The maximum absolute atomic E-state index is 13.8. The second-order valence-electron chi connectivity index (χ2n) is 4.92. The zero-order valence-corrected chi connectivity index (χ0v) is 11.5. The van der Waals surface area contributed by atoms with Crippen molar-refractivity contribution in [3.05, 3.63) is 70.0 Å². The molecular formula is C16H13ClFNO. The first-order valence-corrected chi connectivity index (χ1v) is 6.78. The Balaban J connectivity index is 1.87. The van der Waals surface area contributed by atoms with E-state index in [-0.39, 0.29) is 11.9 Å². The van der Waals surface area contributed by atoms with Crippen molar-refractivity contribution < 1.29 is 9.18 Å². The molecule has 0 bridgehead atoms. The summed E-state index contributed by atoms with van der Waals surface area (Å²) in [6.07, 6.45) is 0.876. The molecule has 0 saturated heterocycles. The van der Waals surface area contributed by atoms with Crippen LogP contribution in [0.1, 0.15) is 22.7 Å². The predicted molar refractivity (Wildman–Crippen MR) is 75.9 cm³/mol. The highest BCUT2D eigenvalue weighted by Gasteiger charge is 2.31. The number of halogens is 2. The van der Waals surface area contributed by atoms with E-state index in [9.17, 15) is 9.18 Å². The van der Waals surface area contributed by atoms with E-state index in [4.69, 9.17) is 11.6 Å². The summed E-state index contributed by atoms with van der Waals surface area (Å²) in [7, 11) is 0. The molecule has 1 atom stereocenters. The van der Waals surface area contributed by atoms with Crippen molar-refractivity contribution in [1.82, 2.24) is 4.90 Å². The minimum atomic E-state index is -0.378. The number of carbonyl (C=O) groups is 1. The Hall–Kier alpha value is -1.71. The molecule has 20 heavy (non-hydrogen) atoms. The summed E-state index contributed by atoms with van der Waals surface area (Å²) in [5, 5.41) is 0.677. The van der Waals surface area contributed by atoms with Gasteiger partial charge >= 0.3 is 0 Å². The minimum absolute atomic E-state index is 0.243. The number of rotatable bonds is 3. The molecule has 0 aliphatic carbocycles. The SMILES string of the molecule is O=CC1c2cccc(F)c2CN1Cc1ccc(Cl)cc1. The number of aldehydes is 1. The van der Waals surface area contributed by atoms with Crippen LogP contribution >= 0.6 is 11.6 Å². The maximum Gasteiger partial charge on any atom is 0.141 e. The predicted octanol–water partition coefficient (Wildman–Crippen LogP) is 3.73. The van der Waals surface area contributed by atoms with Crippen LogP contribution in [0.3, 0.4) is 0 Å². The third kappa shape index (κ3) is 2.35. The summed E-state index contributed by atoms with van der Waals surface area (Å²) in [6.45, 7) is 1.04. The molecule has 102 valence electrons. The van der Waals surface area contributed by atoms with Gasteiger partial charge in [-0.25, -0.2) is 4.39 Å². The van der Waals surface area contributed by atoms with E-state index in [1.807, 2.05) is 35.2 Å². The lowest BCUT2D eigenvalue weighted by Gasteiger charge is -2.20. The number of hydrogen-bond donors (Lipinski definition) is 0. The molecule has 2 aromatic rings. The van der Waals surface area contributed by atoms with Crippen LogP contribution in [0.5, 0.6) is 0 Å². The molecule has 1 heterocycles. The quantitative estimate of drug-likeness (QED) is 0.803. The van der Waals surface area contributed by atoms with Gasteiger partial charge < -0.3 is 4.79 Å². The number of fused-ring (bicyclic) bond motifs is 1. The summed E-state index contributed by atoms with van der Waals surface area (Å²) in [5.74, 6) is -0.243. The van der Waals surface area contributed by atoms with Gasteiger partial charge in [-0.15, -0.1) is 0 Å². The van der Waals surface area contributed by atoms with Gasteiger partial charge in [-0.1, -0.05) is 35.9 Å². The topological polar surface area (TPSA) is 20.3 Å². The Bertz CT molecular complexity index is 641. The van der Waals surface area contributed by atoms with Crippen molar-refractivity contribution in [1.29, 1.82) is 0 Å². The van der Waals surface area contributed by atoms with E-state index in [0.717, 1.165) is 17.4 Å². The third-order valence-electron chi connectivity index (χ3n) is 3.66. The van der Waals surface area contributed by atoms with Crippen LogP contribution in [0.2, 0.25) is 5.02 Å². The Kier molecular flexibility index (Phi) is 3.55. The second kappa shape index (κ2) is 5.35. The Labute approximate surface area is 121 Å². The highest BCUT2D eigenvalue weighted by molar-refractivity contribution is 6.30. The standard InChI is InChI=1S/C16H13ClFNO/c17-12-6-4-11(5-7-12)8-19-9-14-13(16(19)10-20)2-1-3-15(14)18/h1-7,10,16H,8-9H2. The summed E-state index contributed by atoms with van der Waals surface area (Å²) in [6, 6.07) is 12.0. The Morgan fingerprint density at radius 2 is 2.00 bits per heavy atom. The number of carbonyl (C=O) groups excluding carboxylic acids is 1. The van der Waals surface area contributed by atoms with E-state index in [0.29, 0.717) is 23.7 Å². The van der Waals surface area contributed by atoms with Gasteiger partial charge in [0.15, 0.2) is 0 Å². The lowest BCUT2D eigenvalue weighted by Crippen LogP contribution is -2.22. The second-order valence-corrected chi connectivity index (χ2v) is 5.36. The number of hydrogen-bond acceptors (Lipinski definition) is 2. The molecule has 2 aromatic carbocycles. The first-order chi connectivity index (χ1) is 9.69. The van der Waals surface area contributed by atoms with Gasteiger partial charge in [-0.05, 0) is 29.3 Å². The van der Waals surface area contributed by atoms with Crippen LogP contribution in [0.25, 0.3) is 0 Å². The van der Waals surface area contributed by atoms with Gasteiger partial charge in [-0.3, -0.25) is 4.90 Å². The highest BCUT2D eigenvalue weighted by Crippen LogP contribution is 2.34. The number of nitrogens with zero attached hydrogens (tertiary/aromatic N) is 1. The third-order valence-corrected chi connectivity index (χ3v) is 3.91. The molecule has 0 saturated carbocycles. The highest BCUT2D eigenvalue weighted by atomic mass is 35.5. The zero-order valence-electron chi connectivity index (χ0n) is 10.7. The summed E-state index contributed by atoms with van der Waals surface area (Å²) in [4.78, 5) is 13.3. The fourth-order valence-electron chi connectivity index (χ4n) is 2.66. The van der Waals surface area contributed by atoms with E-state index < -0.39 is 0 Å². The van der Waals surface area contributed by atoms with Gasteiger partial charge in [0.25, 0.3) is 0 Å². The summed E-state index contributed by atoms with van der Waals surface area (Å²) < 4.78 is 13.8. The van der Waals surface area contributed by atoms with Gasteiger partial charge in [0.1, 0.15) is 12.1 Å². The lowest BCUT2D eigenvalue weighted by atomic mass is 10.1. The Morgan fingerprint density at radius 3 is 2.70 bits per heavy atom. The van der Waals surface area contributed by atoms with Crippen molar-refractivity contribution in [3.63, 3.8) is 0 Å². The summed E-state index contributed by atoms with van der Waals surface area (Å²) in [5.41, 5.74) is 2.45. The van der Waals surface area contributed by atoms with Crippen LogP contribution < -0.4 is 0 Å². The van der Waals surface area contributed by atoms with Crippen LogP contribution in [0, 0.1) is 5.82 Å². The lowest BCUT2D eigenvalue weighted by molar-refractivity contribution is -0.112. The average Bonchev–Trinajstić information content (AvgIpc) is 2.80. The molecule has 3 rings (SSSR count). The van der Waals surface area contributed by atoms with Gasteiger partial charge in [0.2, 0.25) is 0 Å². The fourth-order valence-corrected chi connectivity index (χ4v) is 2.78. The molecular weight excluding hydrogens is 277 g/mol. The first-order valence-electron chi connectivity index (χ1n) is 6.40. The molecule has 0 N–H and O–H groups in total. The van der Waals surface area contributed by atoms with Gasteiger partial charge in [0, 0.05) is 23.7 Å². The number of benzene rings is 2. The maximum atomic E-state index is 13.8. The molecule has 1 unspecified atom stereocenters. The minimum Gasteiger partial charge on any atom is -0.301 e. The van der Waals surface area contributed by atoms with Crippen LogP contribution in [-0.2, 0) is 17.9 Å². The van der Waals surface area contributed by atoms with Gasteiger partial charge in [-0.2, -0.15) is 0 Å². The fraction of sp³-hybridized carbons (Fsp3) is 0.188. The zero-order chi connectivity index (χ0) is 14.1. The van der Waals surface area contributed by atoms with E-state index in [1.165, 1.54) is 6.07 Å². The Morgan fingerprint density at radius 1 is 1.25 bits per heavy atom. The van der Waals surface area contributed by atoms with Crippen molar-refractivity contribution >= 4 is 17.9 Å². The largest absolute Gasteiger partial charge is 0.301 e. The molecule has 0 spiro atoms. The molecule has 2 nitrogen and oxygen atoms in total. The van der Waals surface area contributed by atoms with E-state index in [2.05, 4.69) is 0 Å². The first kappa shape index (κ1) is 13.3. The monoisotopic (exact) mass is 289 g/mol. The summed E-state index contributed by atoms with van der Waals surface area (Å²) >= 11 is 5.86. The van der Waals surface area contributed by atoms with E-state index >= 15 is 0 Å². The van der Waals surface area contributed by atoms with Crippen molar-refractivity contribution in [2.45, 2.75) is 19.1 Å². The van der Waals surface area contributed by atoms with Crippen molar-refractivity contribution in [2.75, 3.05) is 0 Å². The molecule has 0 radical (unpaired) electrons. The molecule has 0 fully saturated rings. The van der Waals surface area contributed by atoms with E-state index in [1.54, 1.807) is 6.07 Å². The molecule has 1 aliphatic heterocycles. The smallest absolute Gasteiger partial charge is 0.141 e. The van der Waals surface area contributed by atoms with Crippen molar-refractivity contribution in [2.24, 2.45) is 0 Å². The normalized spacial score (nSPS) is 18.0. The molecule has 0 amide bonds. The van der Waals surface area contributed by atoms with Gasteiger partial charge in [0.05, 0.1) is 6.04 Å². The molecule has 4 heteroatoms. The van der Waals surface area contributed by atoms with Crippen LogP contribution in [-0.4, -0.2) is 11.2 Å². The molecule has 0 aromatic heterocycles. The van der Waals surface area contributed by atoms with Crippen LogP contribution in [0.15, 0.2) is 42.5 Å². The van der Waals surface area contributed by atoms with Crippen molar-refractivity contribution in [3.8, 4) is 0 Å². The van der Waals surface area contributed by atoms with Crippen LogP contribution in [0.4, 0.5) is 4.39 Å². The average molecular weight is 290 g/mol. The molecule has 1 aliphatic rings.